The maximum absolute atomic E-state index is 10.2. The van der Waals surface area contributed by atoms with Crippen LogP contribution in [0.25, 0.3) is 0 Å². The lowest BCUT2D eigenvalue weighted by molar-refractivity contribution is -0.217. The highest BCUT2D eigenvalue weighted by Crippen LogP contribution is 2.07. The van der Waals surface area contributed by atoms with Crippen LogP contribution in [0.4, 0.5) is 5.69 Å². The van der Waals surface area contributed by atoms with Gasteiger partial charge in [0, 0.05) is 0 Å². The molecule has 2 N–H and O–H groups in total. The van der Waals surface area contributed by atoms with Crippen molar-refractivity contribution in [2.45, 2.75) is 0 Å². The quantitative estimate of drug-likeness (QED) is 0.435. The third kappa shape index (κ3) is 1.78. The second-order valence-electron chi connectivity index (χ2n) is 1.79. The molecule has 0 saturated heterocycles. The molecule has 3 nitrogen and oxygen atoms in total. The first-order valence-electron chi connectivity index (χ1n) is 2.85. The Bertz CT molecular complexity index is 227. The number of aliphatic imine (C=N–C) groups is 1. The van der Waals surface area contributed by atoms with Crippen molar-refractivity contribution < 1.29 is 5.11 Å². The molecule has 0 amide bonds. The van der Waals surface area contributed by atoms with Gasteiger partial charge in [0.1, 0.15) is 0 Å². The van der Waals surface area contributed by atoms with E-state index >= 15 is 0 Å². The van der Waals surface area contributed by atoms with Gasteiger partial charge in [-0.1, -0.05) is 18.2 Å². The molecule has 1 aromatic rings. The van der Waals surface area contributed by atoms with Gasteiger partial charge in [-0.15, -0.1) is 0 Å². The van der Waals surface area contributed by atoms with E-state index in [-0.39, 0.29) is 0 Å². The van der Waals surface area contributed by atoms with Crippen molar-refractivity contribution in [3.8, 4) is 0 Å². The van der Waals surface area contributed by atoms with E-state index in [2.05, 4.69) is 4.99 Å². The molecule has 0 spiro atoms. The molecule has 0 aliphatic carbocycles. The van der Waals surface area contributed by atoms with Crippen LogP contribution in [-0.4, -0.2) is 6.02 Å². The highest BCUT2D eigenvalue weighted by Gasteiger charge is 1.80. The molecular weight excluding hydrogens is 128 g/mol. The fourth-order valence-electron chi connectivity index (χ4n) is 0.630. The lowest BCUT2D eigenvalue weighted by atomic mass is 10.3. The number of para-hydroxylation sites is 1. The third-order valence-electron chi connectivity index (χ3n) is 0.995. The molecule has 52 valence electrons. The second-order valence-corrected chi connectivity index (χ2v) is 1.79. The molecule has 0 unspecified atom stereocenters. The SMILES string of the molecule is NC([O-])=Nc1ccccc1. The summed E-state index contributed by atoms with van der Waals surface area (Å²) in [4.78, 5) is 3.50. The second kappa shape index (κ2) is 2.87. The van der Waals surface area contributed by atoms with Crippen LogP contribution < -0.4 is 10.8 Å². The summed E-state index contributed by atoms with van der Waals surface area (Å²) in [5.74, 6) is 0. The summed E-state index contributed by atoms with van der Waals surface area (Å²) < 4.78 is 0. The first-order valence-corrected chi connectivity index (χ1v) is 2.85. The minimum Gasteiger partial charge on any atom is -0.846 e. The van der Waals surface area contributed by atoms with E-state index in [9.17, 15) is 5.11 Å². The summed E-state index contributed by atoms with van der Waals surface area (Å²) in [5.41, 5.74) is 5.41. The maximum Gasteiger partial charge on any atom is 0.0640 e. The van der Waals surface area contributed by atoms with E-state index in [4.69, 9.17) is 5.73 Å². The summed E-state index contributed by atoms with van der Waals surface area (Å²) in [6.45, 7) is 0. The number of rotatable bonds is 1. The Balaban J connectivity index is 2.87. The van der Waals surface area contributed by atoms with Gasteiger partial charge in [-0.25, -0.2) is 4.99 Å². The standard InChI is InChI=1S/C7H8N2O/c8-7(10)9-6-4-2-1-3-5-6/h1-5H,(H3,8,9,10)/p-1. The Morgan fingerprint density at radius 1 is 1.30 bits per heavy atom. The Kier molecular flexibility index (Phi) is 1.89. The number of nitrogens with two attached hydrogens (primary N) is 1. The summed E-state index contributed by atoms with van der Waals surface area (Å²) >= 11 is 0. The lowest BCUT2D eigenvalue weighted by Crippen LogP contribution is -2.26. The number of hydrogen-bond donors (Lipinski definition) is 1. The predicted molar refractivity (Wildman–Crippen MR) is 37.7 cm³/mol. The Morgan fingerprint density at radius 3 is 2.40 bits per heavy atom. The lowest BCUT2D eigenvalue weighted by Gasteiger charge is -2.00. The van der Waals surface area contributed by atoms with E-state index in [0.29, 0.717) is 5.69 Å². The van der Waals surface area contributed by atoms with Crippen molar-refractivity contribution in [3.63, 3.8) is 0 Å². The van der Waals surface area contributed by atoms with E-state index < -0.39 is 6.02 Å². The van der Waals surface area contributed by atoms with Gasteiger partial charge in [0.2, 0.25) is 0 Å². The molecule has 1 rings (SSSR count). The van der Waals surface area contributed by atoms with Gasteiger partial charge in [0.05, 0.1) is 11.7 Å². The van der Waals surface area contributed by atoms with E-state index in [0.717, 1.165) is 0 Å². The molecule has 0 heterocycles. The fraction of sp³-hybridized carbons (Fsp3) is 0. The molecule has 0 aliphatic rings. The fourth-order valence-corrected chi connectivity index (χ4v) is 0.630. The molecule has 0 aromatic heterocycles. The molecular formula is C7H7N2O-. The van der Waals surface area contributed by atoms with Crippen LogP contribution in [0.15, 0.2) is 35.3 Å². The molecule has 0 radical (unpaired) electrons. The van der Waals surface area contributed by atoms with Crippen molar-refractivity contribution in [1.29, 1.82) is 0 Å². The first kappa shape index (κ1) is 6.61. The molecule has 0 aliphatic heterocycles. The van der Waals surface area contributed by atoms with Crippen LogP contribution >= 0.6 is 0 Å². The summed E-state index contributed by atoms with van der Waals surface area (Å²) in [6, 6.07) is 8.20. The smallest absolute Gasteiger partial charge is 0.0640 e. The summed E-state index contributed by atoms with van der Waals surface area (Å²) in [7, 11) is 0. The zero-order valence-electron chi connectivity index (χ0n) is 5.32. The molecule has 0 fully saturated rings. The molecule has 3 heteroatoms. The molecule has 0 saturated carbocycles. The minimum absolute atomic E-state index is 0.593. The zero-order valence-corrected chi connectivity index (χ0v) is 5.32. The van der Waals surface area contributed by atoms with Crippen molar-refractivity contribution in [1.82, 2.24) is 0 Å². The van der Waals surface area contributed by atoms with E-state index in [1.54, 1.807) is 24.3 Å². The van der Waals surface area contributed by atoms with Crippen molar-refractivity contribution >= 4 is 11.7 Å². The van der Waals surface area contributed by atoms with Crippen LogP contribution in [0, 0.1) is 0 Å². The summed E-state index contributed by atoms with van der Waals surface area (Å²) in [6.07, 6.45) is 0. The number of hydrogen-bond acceptors (Lipinski definition) is 2. The highest BCUT2D eigenvalue weighted by molar-refractivity contribution is 5.70. The number of benzene rings is 1. The van der Waals surface area contributed by atoms with Crippen LogP contribution in [0.2, 0.25) is 0 Å². The van der Waals surface area contributed by atoms with Gasteiger partial charge < -0.3 is 10.8 Å². The largest absolute Gasteiger partial charge is 0.846 e. The van der Waals surface area contributed by atoms with Gasteiger partial charge in [-0.05, 0) is 12.1 Å². The highest BCUT2D eigenvalue weighted by atomic mass is 16.3. The van der Waals surface area contributed by atoms with Crippen molar-refractivity contribution in [3.05, 3.63) is 30.3 Å². The van der Waals surface area contributed by atoms with Gasteiger partial charge in [0.15, 0.2) is 0 Å². The van der Waals surface area contributed by atoms with Gasteiger partial charge in [-0.3, -0.25) is 0 Å². The Labute approximate surface area is 58.8 Å². The molecule has 1 aromatic carbocycles. The van der Waals surface area contributed by atoms with Crippen LogP contribution in [0.3, 0.4) is 0 Å². The third-order valence-corrected chi connectivity index (χ3v) is 0.995. The topological polar surface area (TPSA) is 61.4 Å². The Morgan fingerprint density at radius 2 is 1.90 bits per heavy atom. The zero-order chi connectivity index (χ0) is 7.40. The van der Waals surface area contributed by atoms with Crippen LogP contribution in [-0.2, 0) is 0 Å². The maximum atomic E-state index is 10.2. The van der Waals surface area contributed by atoms with Gasteiger partial charge in [-0.2, -0.15) is 0 Å². The van der Waals surface area contributed by atoms with Gasteiger partial charge in [0.25, 0.3) is 0 Å². The van der Waals surface area contributed by atoms with Crippen LogP contribution in [0.5, 0.6) is 0 Å². The van der Waals surface area contributed by atoms with Crippen molar-refractivity contribution in [2.75, 3.05) is 0 Å². The van der Waals surface area contributed by atoms with E-state index in [1.165, 1.54) is 0 Å². The minimum atomic E-state index is -0.661. The normalized spacial score (nSPS) is 11.4. The molecule has 0 atom stereocenters. The Hall–Kier alpha value is -1.51. The molecule has 10 heavy (non-hydrogen) atoms. The predicted octanol–water partition coefficient (Wildman–Crippen LogP) is -0.00690. The number of nitrogens with zero attached hydrogens (tertiary/aromatic N) is 1. The molecule has 0 bridgehead atoms. The first-order chi connectivity index (χ1) is 4.79. The summed E-state index contributed by atoms with van der Waals surface area (Å²) in [5, 5.41) is 10.2. The van der Waals surface area contributed by atoms with Gasteiger partial charge >= 0.3 is 0 Å². The number of amidine groups is 1. The van der Waals surface area contributed by atoms with E-state index in [1.807, 2.05) is 6.07 Å². The van der Waals surface area contributed by atoms with Crippen LogP contribution in [0.1, 0.15) is 0 Å². The average Bonchev–Trinajstić information content (AvgIpc) is 1.88. The monoisotopic (exact) mass is 135 g/mol. The van der Waals surface area contributed by atoms with Crippen molar-refractivity contribution in [2.24, 2.45) is 10.7 Å². The average molecular weight is 135 g/mol.